The topological polar surface area (TPSA) is 63.9 Å². The maximum absolute atomic E-state index is 12.5. The second-order valence-electron chi connectivity index (χ2n) is 5.12. The van der Waals surface area contributed by atoms with E-state index in [1.165, 1.54) is 0 Å². The Balaban J connectivity index is 1.75. The maximum Gasteiger partial charge on any atom is 0.254 e. The van der Waals surface area contributed by atoms with Gasteiger partial charge in [0.2, 0.25) is 0 Å². The van der Waals surface area contributed by atoms with Gasteiger partial charge in [-0.15, -0.1) is 5.10 Å². The molecular weight excluding hydrogens is 254 g/mol. The predicted octanol–water partition coefficient (Wildman–Crippen LogP) is 1.46. The summed E-state index contributed by atoms with van der Waals surface area (Å²) in [4.78, 5) is 18.5. The number of carbonyl (C=O) groups is 1. The Morgan fingerprint density at radius 3 is 3.05 bits per heavy atom. The molecule has 1 fully saturated rings. The van der Waals surface area contributed by atoms with Crippen LogP contribution in [-0.2, 0) is 0 Å². The molecule has 1 aliphatic heterocycles. The summed E-state index contributed by atoms with van der Waals surface area (Å²) in [5.41, 5.74) is 1.57. The molecule has 0 spiro atoms. The Morgan fingerprint density at radius 1 is 1.40 bits per heavy atom. The van der Waals surface area contributed by atoms with Gasteiger partial charge in [0.05, 0.1) is 12.2 Å². The first-order chi connectivity index (χ1) is 9.74. The van der Waals surface area contributed by atoms with E-state index in [9.17, 15) is 4.79 Å². The lowest BCUT2D eigenvalue weighted by Gasteiger charge is -2.32. The molecule has 6 nitrogen and oxygen atoms in total. The van der Waals surface area contributed by atoms with Crippen molar-refractivity contribution in [2.45, 2.75) is 25.8 Å². The molecule has 0 aromatic carbocycles. The minimum absolute atomic E-state index is 0.0697. The van der Waals surface area contributed by atoms with Crippen LogP contribution in [0.25, 0.3) is 0 Å². The SMILES string of the molecule is Cc1cc(C(=O)N2CCCC(n3ccnn3)C2)ccn1. The van der Waals surface area contributed by atoms with E-state index in [-0.39, 0.29) is 11.9 Å². The van der Waals surface area contributed by atoms with Crippen molar-refractivity contribution < 1.29 is 4.79 Å². The van der Waals surface area contributed by atoms with Crippen molar-refractivity contribution in [3.63, 3.8) is 0 Å². The van der Waals surface area contributed by atoms with Gasteiger partial charge in [0.25, 0.3) is 5.91 Å². The number of likely N-dealkylation sites (tertiary alicyclic amines) is 1. The largest absolute Gasteiger partial charge is 0.336 e. The summed E-state index contributed by atoms with van der Waals surface area (Å²) in [5, 5.41) is 7.88. The van der Waals surface area contributed by atoms with Crippen molar-refractivity contribution in [2.24, 2.45) is 0 Å². The lowest BCUT2D eigenvalue weighted by Crippen LogP contribution is -2.40. The highest BCUT2D eigenvalue weighted by molar-refractivity contribution is 5.94. The number of carbonyl (C=O) groups excluding carboxylic acids is 1. The van der Waals surface area contributed by atoms with Crippen LogP contribution in [0.1, 0.15) is 34.9 Å². The van der Waals surface area contributed by atoms with Gasteiger partial charge < -0.3 is 4.90 Å². The van der Waals surface area contributed by atoms with Crippen LogP contribution in [0, 0.1) is 6.92 Å². The second kappa shape index (κ2) is 5.40. The standard InChI is InChI=1S/C14H17N5O/c1-11-9-12(4-5-15-11)14(20)18-7-2-3-13(10-18)19-8-6-16-17-19/h4-6,8-9,13H,2-3,7,10H2,1H3. The van der Waals surface area contributed by atoms with Gasteiger partial charge in [0.1, 0.15) is 0 Å². The molecule has 0 bridgehead atoms. The zero-order valence-corrected chi connectivity index (χ0v) is 11.4. The minimum Gasteiger partial charge on any atom is -0.336 e. The number of pyridine rings is 1. The Labute approximate surface area is 117 Å². The fourth-order valence-electron chi connectivity index (χ4n) is 2.63. The van der Waals surface area contributed by atoms with Crippen molar-refractivity contribution in [1.29, 1.82) is 0 Å². The average Bonchev–Trinajstić information content (AvgIpc) is 3.01. The Morgan fingerprint density at radius 2 is 2.30 bits per heavy atom. The van der Waals surface area contributed by atoms with Crippen molar-refractivity contribution in [3.05, 3.63) is 42.0 Å². The molecule has 0 N–H and O–H groups in total. The Hall–Kier alpha value is -2.24. The van der Waals surface area contributed by atoms with Gasteiger partial charge in [-0.2, -0.15) is 0 Å². The van der Waals surface area contributed by atoms with Crippen molar-refractivity contribution in [1.82, 2.24) is 24.9 Å². The average molecular weight is 271 g/mol. The molecular formula is C14H17N5O. The van der Waals surface area contributed by atoms with Gasteiger partial charge in [-0.25, -0.2) is 4.68 Å². The third-order valence-electron chi connectivity index (χ3n) is 3.64. The van der Waals surface area contributed by atoms with E-state index in [4.69, 9.17) is 0 Å². The van der Waals surface area contributed by atoms with E-state index in [0.29, 0.717) is 12.1 Å². The van der Waals surface area contributed by atoms with E-state index >= 15 is 0 Å². The first kappa shape index (κ1) is 12.8. The van der Waals surface area contributed by atoms with E-state index in [1.807, 2.05) is 28.8 Å². The minimum atomic E-state index is 0.0697. The summed E-state index contributed by atoms with van der Waals surface area (Å²) in [6.07, 6.45) is 7.23. The number of aryl methyl sites for hydroxylation is 1. The second-order valence-corrected chi connectivity index (χ2v) is 5.12. The molecule has 0 aliphatic carbocycles. The summed E-state index contributed by atoms with van der Waals surface area (Å²) in [6.45, 7) is 3.38. The fourth-order valence-corrected chi connectivity index (χ4v) is 2.63. The normalized spacial score (nSPS) is 19.1. The molecule has 1 aliphatic rings. The van der Waals surface area contributed by atoms with Gasteiger partial charge in [0, 0.05) is 36.7 Å². The van der Waals surface area contributed by atoms with Gasteiger partial charge in [-0.3, -0.25) is 9.78 Å². The molecule has 2 aromatic rings. The van der Waals surface area contributed by atoms with E-state index in [0.717, 1.165) is 25.1 Å². The van der Waals surface area contributed by atoms with E-state index in [1.54, 1.807) is 18.5 Å². The van der Waals surface area contributed by atoms with Gasteiger partial charge in [-0.05, 0) is 31.9 Å². The van der Waals surface area contributed by atoms with Crippen LogP contribution in [0.2, 0.25) is 0 Å². The molecule has 1 saturated heterocycles. The molecule has 3 heterocycles. The van der Waals surface area contributed by atoms with Crippen LogP contribution in [-0.4, -0.2) is 43.9 Å². The highest BCUT2D eigenvalue weighted by Crippen LogP contribution is 2.21. The monoisotopic (exact) mass is 271 g/mol. The summed E-state index contributed by atoms with van der Waals surface area (Å²) < 4.78 is 1.84. The zero-order chi connectivity index (χ0) is 13.9. The van der Waals surface area contributed by atoms with E-state index < -0.39 is 0 Å². The third-order valence-corrected chi connectivity index (χ3v) is 3.64. The molecule has 3 rings (SSSR count). The first-order valence-corrected chi connectivity index (χ1v) is 6.82. The van der Waals surface area contributed by atoms with Gasteiger partial charge in [0.15, 0.2) is 0 Å². The highest BCUT2D eigenvalue weighted by Gasteiger charge is 2.25. The van der Waals surface area contributed by atoms with Crippen LogP contribution in [0.5, 0.6) is 0 Å². The fraction of sp³-hybridized carbons (Fsp3) is 0.429. The quantitative estimate of drug-likeness (QED) is 0.829. The number of nitrogens with zero attached hydrogens (tertiary/aromatic N) is 5. The number of amides is 1. The van der Waals surface area contributed by atoms with Crippen molar-refractivity contribution >= 4 is 5.91 Å². The summed E-state index contributed by atoms with van der Waals surface area (Å²) >= 11 is 0. The lowest BCUT2D eigenvalue weighted by atomic mass is 10.0. The Bertz CT molecular complexity index is 595. The highest BCUT2D eigenvalue weighted by atomic mass is 16.2. The number of hydrogen-bond donors (Lipinski definition) is 0. The molecule has 2 aromatic heterocycles. The number of aromatic nitrogens is 4. The van der Waals surface area contributed by atoms with Gasteiger partial charge >= 0.3 is 0 Å². The number of hydrogen-bond acceptors (Lipinski definition) is 4. The molecule has 104 valence electrons. The number of piperidine rings is 1. The molecule has 1 atom stereocenters. The summed E-state index contributed by atoms with van der Waals surface area (Å²) in [7, 11) is 0. The molecule has 1 unspecified atom stereocenters. The van der Waals surface area contributed by atoms with Crippen LogP contribution >= 0.6 is 0 Å². The smallest absolute Gasteiger partial charge is 0.254 e. The van der Waals surface area contributed by atoms with E-state index in [2.05, 4.69) is 15.3 Å². The Kier molecular flexibility index (Phi) is 3.45. The van der Waals surface area contributed by atoms with Crippen molar-refractivity contribution in [3.8, 4) is 0 Å². The zero-order valence-electron chi connectivity index (χ0n) is 11.4. The first-order valence-electron chi connectivity index (χ1n) is 6.82. The van der Waals surface area contributed by atoms with Crippen molar-refractivity contribution in [2.75, 3.05) is 13.1 Å². The summed E-state index contributed by atoms with van der Waals surface area (Å²) in [5.74, 6) is 0.0697. The molecule has 1 amide bonds. The maximum atomic E-state index is 12.5. The van der Waals surface area contributed by atoms with Gasteiger partial charge in [-0.1, -0.05) is 5.21 Å². The lowest BCUT2D eigenvalue weighted by molar-refractivity contribution is 0.0671. The predicted molar refractivity (Wildman–Crippen MR) is 73.2 cm³/mol. The van der Waals surface area contributed by atoms with Crippen LogP contribution in [0.4, 0.5) is 0 Å². The molecule has 6 heteroatoms. The van der Waals surface area contributed by atoms with Crippen LogP contribution < -0.4 is 0 Å². The third kappa shape index (κ3) is 2.54. The molecule has 0 radical (unpaired) electrons. The molecule has 20 heavy (non-hydrogen) atoms. The summed E-state index contributed by atoms with van der Waals surface area (Å²) in [6, 6.07) is 3.83. The van der Waals surface area contributed by atoms with Crippen LogP contribution in [0.15, 0.2) is 30.7 Å². The van der Waals surface area contributed by atoms with Crippen LogP contribution in [0.3, 0.4) is 0 Å². The molecule has 0 saturated carbocycles. The number of rotatable bonds is 2.